The van der Waals surface area contributed by atoms with E-state index in [0.717, 1.165) is 11.1 Å². The molecule has 7 nitrogen and oxygen atoms in total. The lowest BCUT2D eigenvalue weighted by Crippen LogP contribution is -2.24. The molecule has 2 rings (SSSR count). The van der Waals surface area contributed by atoms with Crippen LogP contribution in [0.25, 0.3) is 0 Å². The van der Waals surface area contributed by atoms with Crippen molar-refractivity contribution in [3.8, 4) is 23.0 Å². The number of rotatable bonds is 8. The second-order valence-electron chi connectivity index (χ2n) is 5.74. The van der Waals surface area contributed by atoms with E-state index in [2.05, 4.69) is 10.5 Å². The molecule has 0 aromatic heterocycles. The number of methoxy groups -OCH3 is 3. The summed E-state index contributed by atoms with van der Waals surface area (Å²) in [5.41, 5.74) is 5.22. The van der Waals surface area contributed by atoms with Gasteiger partial charge in [-0.05, 0) is 43.2 Å². The van der Waals surface area contributed by atoms with Crippen LogP contribution < -0.4 is 24.4 Å². The number of amides is 1. The Bertz CT molecular complexity index is 808. The van der Waals surface area contributed by atoms with Gasteiger partial charge in [-0.15, -0.1) is 0 Å². The van der Waals surface area contributed by atoms with Crippen LogP contribution in [0.2, 0.25) is 0 Å². The van der Waals surface area contributed by atoms with Gasteiger partial charge in [-0.25, -0.2) is 5.43 Å². The van der Waals surface area contributed by atoms with E-state index in [1.165, 1.54) is 27.5 Å². The van der Waals surface area contributed by atoms with Crippen LogP contribution in [0, 0.1) is 13.8 Å². The minimum absolute atomic E-state index is 0.128. The minimum Gasteiger partial charge on any atom is -0.493 e. The second kappa shape index (κ2) is 9.47. The molecule has 0 aliphatic heterocycles. The number of carbonyl (C=O) groups is 1. The molecule has 0 aliphatic rings. The normalized spacial score (nSPS) is 10.6. The molecule has 0 fully saturated rings. The predicted octanol–water partition coefficient (Wildman–Crippen LogP) is 2.86. The lowest BCUT2D eigenvalue weighted by molar-refractivity contribution is -0.123. The van der Waals surface area contributed by atoms with Gasteiger partial charge in [-0.3, -0.25) is 4.79 Å². The third-order valence-corrected chi connectivity index (χ3v) is 4.00. The van der Waals surface area contributed by atoms with Crippen LogP contribution in [-0.4, -0.2) is 40.1 Å². The first-order chi connectivity index (χ1) is 13.0. The summed E-state index contributed by atoms with van der Waals surface area (Å²) in [6, 6.07) is 9.16. The molecule has 2 aromatic rings. The summed E-state index contributed by atoms with van der Waals surface area (Å²) in [5.74, 6) is 1.81. The van der Waals surface area contributed by atoms with Gasteiger partial charge in [0.1, 0.15) is 5.75 Å². The van der Waals surface area contributed by atoms with Crippen LogP contribution in [0.5, 0.6) is 23.0 Å². The molecule has 0 bridgehead atoms. The van der Waals surface area contributed by atoms with Gasteiger partial charge in [0.2, 0.25) is 5.75 Å². The lowest BCUT2D eigenvalue weighted by atomic mass is 10.1. The monoisotopic (exact) mass is 372 g/mol. The van der Waals surface area contributed by atoms with E-state index >= 15 is 0 Å². The summed E-state index contributed by atoms with van der Waals surface area (Å²) in [6.07, 6.45) is 1.49. The Kier molecular flexibility index (Phi) is 7.05. The molecule has 0 heterocycles. The Labute approximate surface area is 158 Å². The van der Waals surface area contributed by atoms with Gasteiger partial charge in [0.25, 0.3) is 5.91 Å². The van der Waals surface area contributed by atoms with E-state index in [-0.39, 0.29) is 12.5 Å². The van der Waals surface area contributed by atoms with Crippen LogP contribution in [-0.2, 0) is 4.79 Å². The van der Waals surface area contributed by atoms with Gasteiger partial charge in [-0.2, -0.15) is 5.10 Å². The summed E-state index contributed by atoms with van der Waals surface area (Å²) in [6.45, 7) is 3.81. The molecule has 1 N–H and O–H groups in total. The zero-order chi connectivity index (χ0) is 19.8. The Morgan fingerprint density at radius 1 is 1.04 bits per heavy atom. The fourth-order valence-electron chi connectivity index (χ4n) is 2.41. The van der Waals surface area contributed by atoms with Crippen LogP contribution in [0.1, 0.15) is 16.7 Å². The summed E-state index contributed by atoms with van der Waals surface area (Å²) >= 11 is 0. The first kappa shape index (κ1) is 20.1. The fraction of sp³-hybridized carbons (Fsp3) is 0.300. The number of carbonyl (C=O) groups excluding carboxylic acids is 1. The Morgan fingerprint density at radius 3 is 2.30 bits per heavy atom. The average Bonchev–Trinajstić information content (AvgIpc) is 2.68. The van der Waals surface area contributed by atoms with Gasteiger partial charge in [0.05, 0.1) is 27.5 Å². The van der Waals surface area contributed by atoms with E-state index in [4.69, 9.17) is 18.9 Å². The topological polar surface area (TPSA) is 78.4 Å². The van der Waals surface area contributed by atoms with E-state index in [0.29, 0.717) is 28.6 Å². The quantitative estimate of drug-likeness (QED) is 0.569. The molecule has 0 radical (unpaired) electrons. The molecule has 27 heavy (non-hydrogen) atoms. The van der Waals surface area contributed by atoms with Crippen LogP contribution in [0.3, 0.4) is 0 Å². The van der Waals surface area contributed by atoms with Crippen molar-refractivity contribution in [2.75, 3.05) is 27.9 Å². The predicted molar refractivity (Wildman–Crippen MR) is 103 cm³/mol. The zero-order valence-corrected chi connectivity index (χ0v) is 16.2. The molecule has 2 aromatic carbocycles. The summed E-state index contributed by atoms with van der Waals surface area (Å²) < 4.78 is 21.4. The van der Waals surface area contributed by atoms with Crippen LogP contribution in [0.15, 0.2) is 35.4 Å². The van der Waals surface area contributed by atoms with Crippen molar-refractivity contribution in [1.29, 1.82) is 0 Å². The van der Waals surface area contributed by atoms with E-state index in [1.54, 1.807) is 12.1 Å². The average molecular weight is 372 g/mol. The third kappa shape index (κ3) is 5.13. The molecule has 0 unspecified atom stereocenters. The van der Waals surface area contributed by atoms with Crippen molar-refractivity contribution in [1.82, 2.24) is 5.43 Å². The number of benzene rings is 2. The molecule has 0 saturated carbocycles. The molecule has 144 valence electrons. The lowest BCUT2D eigenvalue weighted by Gasteiger charge is -2.12. The van der Waals surface area contributed by atoms with Gasteiger partial charge in [0, 0.05) is 5.56 Å². The summed E-state index contributed by atoms with van der Waals surface area (Å²) in [7, 11) is 4.60. The molecular formula is C20H24N2O5. The van der Waals surface area contributed by atoms with Crippen molar-refractivity contribution in [2.24, 2.45) is 5.10 Å². The molecule has 0 saturated heterocycles. The maximum absolute atomic E-state index is 11.9. The van der Waals surface area contributed by atoms with Gasteiger partial charge >= 0.3 is 0 Å². The third-order valence-electron chi connectivity index (χ3n) is 4.00. The largest absolute Gasteiger partial charge is 0.493 e. The first-order valence-corrected chi connectivity index (χ1v) is 8.31. The highest BCUT2D eigenvalue weighted by atomic mass is 16.5. The number of hydrazone groups is 1. The smallest absolute Gasteiger partial charge is 0.277 e. The minimum atomic E-state index is -0.361. The fourth-order valence-corrected chi connectivity index (χ4v) is 2.41. The zero-order valence-electron chi connectivity index (χ0n) is 16.2. The molecule has 7 heteroatoms. The Morgan fingerprint density at radius 2 is 1.70 bits per heavy atom. The molecule has 0 spiro atoms. The Balaban J connectivity index is 1.98. The molecule has 1 amide bonds. The standard InChI is InChI=1S/C20H24N2O5/c1-13-7-6-8-16(14(13)2)27-12-19(23)22-21-11-15-9-17(24-3)20(26-5)18(10-15)25-4/h6-11H,12H2,1-5H3,(H,22,23)/b21-11-. The number of aryl methyl sites for hydroxylation is 1. The van der Waals surface area contributed by atoms with Gasteiger partial charge in [0.15, 0.2) is 18.1 Å². The van der Waals surface area contributed by atoms with Crippen molar-refractivity contribution in [3.63, 3.8) is 0 Å². The Hall–Kier alpha value is -3.22. The van der Waals surface area contributed by atoms with Crippen LogP contribution in [0.4, 0.5) is 0 Å². The molecule has 0 aliphatic carbocycles. The molecular weight excluding hydrogens is 348 g/mol. The maximum atomic E-state index is 11.9. The van der Waals surface area contributed by atoms with Gasteiger partial charge in [-0.1, -0.05) is 12.1 Å². The number of nitrogens with zero attached hydrogens (tertiary/aromatic N) is 1. The highest BCUT2D eigenvalue weighted by molar-refractivity contribution is 5.84. The van der Waals surface area contributed by atoms with Gasteiger partial charge < -0.3 is 18.9 Å². The first-order valence-electron chi connectivity index (χ1n) is 8.31. The number of nitrogens with one attached hydrogen (secondary N) is 1. The summed E-state index contributed by atoms with van der Waals surface area (Å²) in [4.78, 5) is 11.9. The maximum Gasteiger partial charge on any atom is 0.277 e. The highest BCUT2D eigenvalue weighted by Crippen LogP contribution is 2.37. The van der Waals surface area contributed by atoms with Crippen molar-refractivity contribution < 1.29 is 23.7 Å². The second-order valence-corrected chi connectivity index (χ2v) is 5.74. The SMILES string of the molecule is COc1cc(/C=N\NC(=O)COc2cccc(C)c2C)cc(OC)c1OC. The van der Waals surface area contributed by atoms with E-state index in [1.807, 2.05) is 32.0 Å². The van der Waals surface area contributed by atoms with Crippen molar-refractivity contribution in [2.45, 2.75) is 13.8 Å². The van der Waals surface area contributed by atoms with E-state index in [9.17, 15) is 4.79 Å². The van der Waals surface area contributed by atoms with Crippen molar-refractivity contribution in [3.05, 3.63) is 47.0 Å². The highest BCUT2D eigenvalue weighted by Gasteiger charge is 2.12. The van der Waals surface area contributed by atoms with E-state index < -0.39 is 0 Å². The summed E-state index contributed by atoms with van der Waals surface area (Å²) in [5, 5.41) is 3.94. The van der Waals surface area contributed by atoms with Crippen molar-refractivity contribution >= 4 is 12.1 Å². The number of ether oxygens (including phenoxy) is 4. The molecule has 0 atom stereocenters. The number of hydrogen-bond donors (Lipinski definition) is 1. The van der Waals surface area contributed by atoms with Crippen LogP contribution >= 0.6 is 0 Å². The number of hydrogen-bond acceptors (Lipinski definition) is 6.